The molecule has 0 aliphatic heterocycles. The van der Waals surface area contributed by atoms with Gasteiger partial charge >= 0.3 is 0 Å². The molecule has 194 valence electrons. The Morgan fingerprint density at radius 2 is 1.27 bits per heavy atom. The van der Waals surface area contributed by atoms with Gasteiger partial charge in [-0.3, -0.25) is 4.99 Å². The van der Waals surface area contributed by atoms with Gasteiger partial charge in [-0.25, -0.2) is 0 Å². The highest BCUT2D eigenvalue weighted by molar-refractivity contribution is 7.25. The zero-order valence-corrected chi connectivity index (χ0v) is 23.2. The summed E-state index contributed by atoms with van der Waals surface area (Å²) in [7, 11) is 0. The maximum atomic E-state index is 4.67. The van der Waals surface area contributed by atoms with Gasteiger partial charge in [0.2, 0.25) is 0 Å². The molecule has 0 atom stereocenters. The normalized spacial score (nSPS) is 11.9. The van der Waals surface area contributed by atoms with E-state index in [1.807, 2.05) is 23.6 Å². The van der Waals surface area contributed by atoms with Crippen molar-refractivity contribution >= 4 is 59.5 Å². The Balaban J connectivity index is 1.29. The zero-order chi connectivity index (χ0) is 27.2. The smallest absolute Gasteiger partial charge is 0.0639 e. The summed E-state index contributed by atoms with van der Waals surface area (Å²) in [5.41, 5.74) is 8.38. The van der Waals surface area contributed by atoms with Gasteiger partial charge in [0.25, 0.3) is 0 Å². The lowest BCUT2D eigenvalue weighted by Gasteiger charge is -2.09. The number of hydrogen-bond donors (Lipinski definition) is 0. The largest absolute Gasteiger partial charge is 0.309 e. The first-order chi connectivity index (χ1) is 20.3. The lowest BCUT2D eigenvalue weighted by molar-refractivity contribution is 1.08. The topological polar surface area (TPSA) is 17.3 Å². The molecule has 2 aromatic heterocycles. The molecule has 0 radical (unpaired) electrons. The van der Waals surface area contributed by atoms with E-state index in [9.17, 15) is 0 Å². The molecule has 6 aromatic carbocycles. The molecule has 0 saturated heterocycles. The van der Waals surface area contributed by atoms with Crippen molar-refractivity contribution in [3.8, 4) is 16.8 Å². The molecule has 0 aliphatic rings. The second-order valence-electron chi connectivity index (χ2n) is 10.4. The van der Waals surface area contributed by atoms with Gasteiger partial charge in [-0.05, 0) is 64.7 Å². The van der Waals surface area contributed by atoms with E-state index in [0.717, 1.165) is 11.3 Å². The van der Waals surface area contributed by atoms with Gasteiger partial charge in [0, 0.05) is 42.8 Å². The predicted molar refractivity (Wildman–Crippen MR) is 177 cm³/mol. The zero-order valence-electron chi connectivity index (χ0n) is 22.4. The number of rotatable bonds is 5. The number of aliphatic imine (C=N–C) groups is 1. The molecule has 0 N–H and O–H groups in total. The molecular weight excluding hydrogens is 516 g/mol. The van der Waals surface area contributed by atoms with Gasteiger partial charge in [0.15, 0.2) is 0 Å². The van der Waals surface area contributed by atoms with E-state index in [1.54, 1.807) is 0 Å². The van der Waals surface area contributed by atoms with Crippen LogP contribution in [-0.2, 0) is 6.54 Å². The minimum absolute atomic E-state index is 0.684. The van der Waals surface area contributed by atoms with E-state index in [2.05, 4.69) is 143 Å². The molecule has 8 aromatic rings. The van der Waals surface area contributed by atoms with Crippen LogP contribution in [0, 0.1) is 0 Å². The molecule has 0 fully saturated rings. The standard InChI is InChI=1S/C38H26N2S/c1-3-9-26(10-4-1)24-39-25-27-15-18-30(19-16-27)40-35-20-17-29(28-11-5-2-6-12-28)21-32(35)33-23-38-34(22-36(33)40)31-13-7-8-14-37(31)41-38/h1-23,25H,24H2. The average Bonchev–Trinajstić information content (AvgIpc) is 3.56. The molecule has 41 heavy (non-hydrogen) atoms. The number of hydrogen-bond acceptors (Lipinski definition) is 2. The molecule has 0 amide bonds. The monoisotopic (exact) mass is 542 g/mol. The third kappa shape index (κ3) is 4.23. The lowest BCUT2D eigenvalue weighted by Crippen LogP contribution is -1.94. The van der Waals surface area contributed by atoms with Gasteiger partial charge < -0.3 is 4.57 Å². The predicted octanol–water partition coefficient (Wildman–Crippen LogP) is 10.4. The highest BCUT2D eigenvalue weighted by atomic mass is 32.1. The molecule has 0 saturated carbocycles. The number of fused-ring (bicyclic) bond motifs is 6. The summed E-state index contributed by atoms with van der Waals surface area (Å²) in [4.78, 5) is 4.67. The van der Waals surface area contributed by atoms with Crippen LogP contribution >= 0.6 is 11.3 Å². The van der Waals surface area contributed by atoms with Crippen LogP contribution in [-0.4, -0.2) is 10.8 Å². The SMILES string of the molecule is C(=NCc1ccccc1)c1ccc(-n2c3ccc(-c4ccccc4)cc3c3cc4sc5ccccc5c4cc32)cc1. The van der Waals surface area contributed by atoms with Crippen molar-refractivity contribution in [1.29, 1.82) is 0 Å². The first-order valence-electron chi connectivity index (χ1n) is 13.9. The van der Waals surface area contributed by atoms with Gasteiger partial charge in [-0.15, -0.1) is 11.3 Å². The Bertz CT molecular complexity index is 2200. The summed E-state index contributed by atoms with van der Waals surface area (Å²) in [5, 5.41) is 5.19. The van der Waals surface area contributed by atoms with E-state index >= 15 is 0 Å². The van der Waals surface area contributed by atoms with E-state index in [4.69, 9.17) is 0 Å². The van der Waals surface area contributed by atoms with Crippen molar-refractivity contribution in [3.05, 3.63) is 151 Å². The van der Waals surface area contributed by atoms with E-state index in [-0.39, 0.29) is 0 Å². The van der Waals surface area contributed by atoms with E-state index < -0.39 is 0 Å². The number of aromatic nitrogens is 1. The van der Waals surface area contributed by atoms with Crippen molar-refractivity contribution in [1.82, 2.24) is 4.57 Å². The first-order valence-corrected chi connectivity index (χ1v) is 14.7. The van der Waals surface area contributed by atoms with Crippen LogP contribution in [0.15, 0.2) is 145 Å². The van der Waals surface area contributed by atoms with Crippen LogP contribution in [0.5, 0.6) is 0 Å². The van der Waals surface area contributed by atoms with Crippen molar-refractivity contribution < 1.29 is 0 Å². The van der Waals surface area contributed by atoms with Crippen LogP contribution in [0.4, 0.5) is 0 Å². The minimum Gasteiger partial charge on any atom is -0.309 e. The van der Waals surface area contributed by atoms with Crippen molar-refractivity contribution in [2.75, 3.05) is 0 Å². The fourth-order valence-corrected chi connectivity index (χ4v) is 7.00. The minimum atomic E-state index is 0.684. The van der Waals surface area contributed by atoms with Crippen LogP contribution in [0.1, 0.15) is 11.1 Å². The molecule has 0 unspecified atom stereocenters. The fourth-order valence-electron chi connectivity index (χ4n) is 5.87. The Kier molecular flexibility index (Phi) is 5.75. The highest BCUT2D eigenvalue weighted by Crippen LogP contribution is 2.41. The van der Waals surface area contributed by atoms with Crippen LogP contribution in [0.2, 0.25) is 0 Å². The van der Waals surface area contributed by atoms with Gasteiger partial charge in [0.1, 0.15) is 0 Å². The molecule has 8 rings (SSSR count). The van der Waals surface area contributed by atoms with E-state index in [1.165, 1.54) is 58.7 Å². The molecule has 0 aliphatic carbocycles. The Hall–Kier alpha value is -4.99. The molecule has 3 heteroatoms. The van der Waals surface area contributed by atoms with Gasteiger partial charge in [0.05, 0.1) is 17.6 Å². The van der Waals surface area contributed by atoms with Gasteiger partial charge in [-0.1, -0.05) is 97.1 Å². The summed E-state index contributed by atoms with van der Waals surface area (Å²) in [6.07, 6.45) is 1.97. The number of nitrogens with zero attached hydrogens (tertiary/aromatic N) is 2. The maximum Gasteiger partial charge on any atom is 0.0639 e. The summed E-state index contributed by atoms with van der Waals surface area (Å²) < 4.78 is 5.07. The molecule has 0 spiro atoms. The summed E-state index contributed by atoms with van der Waals surface area (Å²) in [6, 6.07) is 50.2. The first kappa shape index (κ1) is 23.9. The third-order valence-electron chi connectivity index (χ3n) is 7.88. The van der Waals surface area contributed by atoms with Crippen molar-refractivity contribution in [2.24, 2.45) is 4.99 Å². The van der Waals surface area contributed by atoms with E-state index in [0.29, 0.717) is 6.54 Å². The summed E-state index contributed by atoms with van der Waals surface area (Å²) in [5.74, 6) is 0. The lowest BCUT2D eigenvalue weighted by atomic mass is 10.0. The Morgan fingerprint density at radius 1 is 0.537 bits per heavy atom. The number of benzene rings is 6. The molecule has 2 heterocycles. The van der Waals surface area contributed by atoms with Crippen LogP contribution in [0.3, 0.4) is 0 Å². The van der Waals surface area contributed by atoms with Crippen LogP contribution in [0.25, 0.3) is 58.8 Å². The second kappa shape index (κ2) is 9.88. The molecule has 0 bridgehead atoms. The quantitative estimate of drug-likeness (QED) is 0.193. The van der Waals surface area contributed by atoms with Crippen LogP contribution < -0.4 is 0 Å². The third-order valence-corrected chi connectivity index (χ3v) is 9.01. The van der Waals surface area contributed by atoms with Gasteiger partial charge in [-0.2, -0.15) is 0 Å². The highest BCUT2D eigenvalue weighted by Gasteiger charge is 2.16. The second-order valence-corrected chi connectivity index (χ2v) is 11.5. The Labute approximate surface area is 242 Å². The van der Waals surface area contributed by atoms with Crippen molar-refractivity contribution in [2.45, 2.75) is 6.54 Å². The van der Waals surface area contributed by atoms with Crippen molar-refractivity contribution in [3.63, 3.8) is 0 Å². The summed E-state index contributed by atoms with van der Waals surface area (Å²) >= 11 is 1.87. The average molecular weight is 543 g/mol. The maximum absolute atomic E-state index is 4.67. The fraction of sp³-hybridized carbons (Fsp3) is 0.0263. The number of thiophene rings is 1. The molecule has 2 nitrogen and oxygen atoms in total. The summed E-state index contributed by atoms with van der Waals surface area (Å²) in [6.45, 7) is 0.684. The Morgan fingerprint density at radius 3 is 2.10 bits per heavy atom. The molecular formula is C38H26N2S.